The summed E-state index contributed by atoms with van der Waals surface area (Å²) in [6.45, 7) is 2.54. The normalized spacial score (nSPS) is 16.7. The first-order valence-corrected chi connectivity index (χ1v) is 10.6. The minimum Gasteiger partial charge on any atom is -0.385 e. The number of amides is 1. The monoisotopic (exact) mass is 427 g/mol. The number of hydrogen-bond acceptors (Lipinski definition) is 4. The average molecular weight is 427 g/mol. The molecule has 1 amide bonds. The molecule has 2 aromatic heterocycles. The molecule has 1 atom stereocenters. The van der Waals surface area contributed by atoms with Gasteiger partial charge in [-0.2, -0.15) is 5.10 Å². The standard InChI is InChI=1S/C23H27F2N5O/c1-29-10-7-19(15-29)28-23(31)20-14-27-30-11-8-18(13-22(20)30)26-9-3-2-4-16-12-17(24)5-6-21(16)25/h5-6,8,11-14,19,26H,2-4,7,9-10,15H2,1H3,(H,28,31). The van der Waals surface area contributed by atoms with Crippen molar-refractivity contribution in [1.82, 2.24) is 19.8 Å². The van der Waals surface area contributed by atoms with Crippen molar-refractivity contribution in [3.8, 4) is 0 Å². The molecule has 8 heteroatoms. The smallest absolute Gasteiger partial charge is 0.255 e. The number of rotatable bonds is 8. The highest BCUT2D eigenvalue weighted by molar-refractivity contribution is 6.01. The zero-order valence-corrected chi connectivity index (χ0v) is 17.6. The Kier molecular flexibility index (Phi) is 6.46. The van der Waals surface area contributed by atoms with Crippen LogP contribution in [0, 0.1) is 11.6 Å². The molecule has 0 spiro atoms. The maximum atomic E-state index is 13.7. The van der Waals surface area contributed by atoms with Gasteiger partial charge >= 0.3 is 0 Å². The van der Waals surface area contributed by atoms with Crippen LogP contribution in [0.1, 0.15) is 35.2 Å². The maximum absolute atomic E-state index is 13.7. The number of hydrogen-bond donors (Lipinski definition) is 2. The zero-order valence-electron chi connectivity index (χ0n) is 17.6. The van der Waals surface area contributed by atoms with Crippen molar-refractivity contribution in [3.05, 3.63) is 65.5 Å². The van der Waals surface area contributed by atoms with Crippen molar-refractivity contribution in [3.63, 3.8) is 0 Å². The summed E-state index contributed by atoms with van der Waals surface area (Å²) in [4.78, 5) is 14.9. The summed E-state index contributed by atoms with van der Waals surface area (Å²) in [6, 6.07) is 7.54. The second kappa shape index (κ2) is 9.43. The molecule has 31 heavy (non-hydrogen) atoms. The Hall–Kier alpha value is -3.00. The van der Waals surface area contributed by atoms with Crippen LogP contribution in [0.5, 0.6) is 0 Å². The lowest BCUT2D eigenvalue weighted by atomic mass is 10.1. The van der Waals surface area contributed by atoms with E-state index in [9.17, 15) is 13.6 Å². The topological polar surface area (TPSA) is 61.7 Å². The number of nitrogens with one attached hydrogen (secondary N) is 2. The zero-order chi connectivity index (χ0) is 21.8. The van der Waals surface area contributed by atoms with Gasteiger partial charge in [-0.05, 0) is 75.2 Å². The Balaban J connectivity index is 1.32. The summed E-state index contributed by atoms with van der Waals surface area (Å²) in [6.07, 6.45) is 6.41. The van der Waals surface area contributed by atoms with Crippen LogP contribution in [0.4, 0.5) is 14.5 Å². The van der Waals surface area contributed by atoms with Crippen LogP contribution in [0.15, 0.2) is 42.7 Å². The number of anilines is 1. The highest BCUT2D eigenvalue weighted by atomic mass is 19.1. The first kappa shape index (κ1) is 21.2. The fourth-order valence-electron chi connectivity index (χ4n) is 3.99. The van der Waals surface area contributed by atoms with Gasteiger partial charge in [0, 0.05) is 31.0 Å². The number of fused-ring (bicyclic) bond motifs is 1. The highest BCUT2D eigenvalue weighted by Gasteiger charge is 2.23. The van der Waals surface area contributed by atoms with E-state index in [0.717, 1.165) is 49.6 Å². The Morgan fingerprint density at radius 2 is 2.10 bits per heavy atom. The van der Waals surface area contributed by atoms with Gasteiger partial charge in [0.2, 0.25) is 0 Å². The second-order valence-corrected chi connectivity index (χ2v) is 8.14. The lowest BCUT2D eigenvalue weighted by Gasteiger charge is -2.12. The van der Waals surface area contributed by atoms with Gasteiger partial charge in [-0.15, -0.1) is 0 Å². The van der Waals surface area contributed by atoms with Gasteiger partial charge in [0.05, 0.1) is 17.3 Å². The minimum absolute atomic E-state index is 0.107. The molecule has 164 valence electrons. The Bertz CT molecular complexity index is 1070. The predicted octanol–water partition coefficient (Wildman–Crippen LogP) is 3.48. The Morgan fingerprint density at radius 3 is 2.90 bits per heavy atom. The first-order valence-electron chi connectivity index (χ1n) is 10.6. The van der Waals surface area contributed by atoms with E-state index >= 15 is 0 Å². The van der Waals surface area contributed by atoms with E-state index in [4.69, 9.17) is 0 Å². The van der Waals surface area contributed by atoms with Crippen molar-refractivity contribution in [2.75, 3.05) is 32.0 Å². The Morgan fingerprint density at radius 1 is 1.23 bits per heavy atom. The van der Waals surface area contributed by atoms with Crippen LogP contribution in [-0.2, 0) is 6.42 Å². The van der Waals surface area contributed by atoms with E-state index < -0.39 is 5.82 Å². The number of carbonyl (C=O) groups excluding carboxylic acids is 1. The fraction of sp³-hybridized carbons (Fsp3) is 0.391. The number of unbranched alkanes of at least 4 members (excludes halogenated alkanes) is 1. The number of benzene rings is 1. The molecule has 0 radical (unpaired) electrons. The van der Waals surface area contributed by atoms with E-state index in [1.54, 1.807) is 10.7 Å². The quantitative estimate of drug-likeness (QED) is 0.541. The largest absolute Gasteiger partial charge is 0.385 e. The van der Waals surface area contributed by atoms with E-state index in [1.165, 1.54) is 12.1 Å². The number of nitrogens with zero attached hydrogens (tertiary/aromatic N) is 3. The maximum Gasteiger partial charge on any atom is 0.255 e. The summed E-state index contributed by atoms with van der Waals surface area (Å²) >= 11 is 0. The third-order valence-electron chi connectivity index (χ3n) is 5.70. The van der Waals surface area contributed by atoms with Gasteiger partial charge < -0.3 is 15.5 Å². The van der Waals surface area contributed by atoms with E-state index in [2.05, 4.69) is 20.6 Å². The summed E-state index contributed by atoms with van der Waals surface area (Å²) in [5.74, 6) is -0.886. The van der Waals surface area contributed by atoms with Crippen molar-refractivity contribution in [2.45, 2.75) is 31.7 Å². The van der Waals surface area contributed by atoms with E-state index in [-0.39, 0.29) is 17.8 Å². The van der Waals surface area contributed by atoms with Crippen LogP contribution in [0.25, 0.3) is 5.52 Å². The van der Waals surface area contributed by atoms with E-state index in [0.29, 0.717) is 24.1 Å². The van der Waals surface area contributed by atoms with Crippen LogP contribution in [-0.4, -0.2) is 53.1 Å². The first-order chi connectivity index (χ1) is 15.0. The number of halogens is 2. The number of likely N-dealkylation sites (tertiary alicyclic amines) is 1. The van der Waals surface area contributed by atoms with Crippen molar-refractivity contribution < 1.29 is 13.6 Å². The molecule has 1 aliphatic rings. The van der Waals surface area contributed by atoms with E-state index in [1.807, 2.05) is 25.4 Å². The molecular formula is C23H27F2N5O. The molecule has 0 saturated carbocycles. The minimum atomic E-state index is -0.413. The molecule has 1 saturated heterocycles. The van der Waals surface area contributed by atoms with Gasteiger partial charge in [0.1, 0.15) is 11.6 Å². The predicted molar refractivity (Wildman–Crippen MR) is 116 cm³/mol. The van der Waals surface area contributed by atoms with Gasteiger partial charge in [-0.3, -0.25) is 4.79 Å². The lowest BCUT2D eigenvalue weighted by molar-refractivity contribution is 0.0940. The average Bonchev–Trinajstić information content (AvgIpc) is 3.35. The summed E-state index contributed by atoms with van der Waals surface area (Å²) in [7, 11) is 2.05. The van der Waals surface area contributed by atoms with Crippen LogP contribution in [0.3, 0.4) is 0 Å². The molecule has 0 aliphatic carbocycles. The third-order valence-corrected chi connectivity index (χ3v) is 5.70. The molecule has 3 aromatic rings. The van der Waals surface area contributed by atoms with Crippen LogP contribution in [0.2, 0.25) is 0 Å². The molecule has 1 aliphatic heterocycles. The number of pyridine rings is 1. The summed E-state index contributed by atoms with van der Waals surface area (Å²) in [5, 5.41) is 10.7. The van der Waals surface area contributed by atoms with Crippen LogP contribution < -0.4 is 10.6 Å². The molecule has 1 fully saturated rings. The third kappa shape index (κ3) is 5.19. The highest BCUT2D eigenvalue weighted by Crippen LogP contribution is 2.18. The van der Waals surface area contributed by atoms with Crippen molar-refractivity contribution >= 4 is 17.1 Å². The molecule has 2 N–H and O–H groups in total. The van der Waals surface area contributed by atoms with Crippen molar-refractivity contribution in [1.29, 1.82) is 0 Å². The molecular weight excluding hydrogens is 400 g/mol. The fourth-order valence-corrected chi connectivity index (χ4v) is 3.99. The number of aryl methyl sites for hydroxylation is 1. The molecule has 1 unspecified atom stereocenters. The molecule has 0 bridgehead atoms. The van der Waals surface area contributed by atoms with Crippen LogP contribution >= 0.6 is 0 Å². The van der Waals surface area contributed by atoms with Gasteiger partial charge in [0.15, 0.2) is 0 Å². The SMILES string of the molecule is CN1CCC(NC(=O)c2cnn3ccc(NCCCCc4cc(F)ccc4F)cc23)C1. The van der Waals surface area contributed by atoms with Gasteiger partial charge in [-0.1, -0.05) is 0 Å². The lowest BCUT2D eigenvalue weighted by Crippen LogP contribution is -2.36. The van der Waals surface area contributed by atoms with Gasteiger partial charge in [0.25, 0.3) is 5.91 Å². The van der Waals surface area contributed by atoms with Gasteiger partial charge in [-0.25, -0.2) is 13.3 Å². The number of carbonyl (C=O) groups is 1. The molecule has 4 rings (SSSR count). The number of aromatic nitrogens is 2. The molecule has 6 nitrogen and oxygen atoms in total. The molecule has 1 aromatic carbocycles. The van der Waals surface area contributed by atoms with Crippen molar-refractivity contribution in [2.24, 2.45) is 0 Å². The number of likely N-dealkylation sites (N-methyl/N-ethyl adjacent to an activating group) is 1. The summed E-state index contributed by atoms with van der Waals surface area (Å²) in [5.41, 5.74) is 2.60. The second-order valence-electron chi connectivity index (χ2n) is 8.14. The molecule has 3 heterocycles. The summed E-state index contributed by atoms with van der Waals surface area (Å²) < 4.78 is 28.6. The Labute approximate surface area is 180 Å².